The number of rotatable bonds is 6. The minimum atomic E-state index is -0.0279. The zero-order valence-electron chi connectivity index (χ0n) is 7.27. The minimum absolute atomic E-state index is 0.0279. The highest BCUT2D eigenvalue weighted by molar-refractivity contribution is 6.50. The van der Waals surface area contributed by atoms with Crippen LogP contribution in [0.1, 0.15) is 39.5 Å². The summed E-state index contributed by atoms with van der Waals surface area (Å²) in [7, 11) is 0. The molecule has 0 aromatic heterocycles. The molecule has 0 unspecified atom stereocenters. The van der Waals surface area contributed by atoms with Crippen LogP contribution in [0.5, 0.6) is 0 Å². The van der Waals surface area contributed by atoms with Gasteiger partial charge in [-0.25, -0.2) is 0 Å². The van der Waals surface area contributed by atoms with E-state index in [9.17, 15) is 5.02 Å². The molecule has 0 bridgehead atoms. The predicted octanol–water partition coefficient (Wildman–Crippen LogP) is 2.57. The molecule has 0 aliphatic carbocycles. The smallest absolute Gasteiger partial charge is 0.288 e. The van der Waals surface area contributed by atoms with Gasteiger partial charge in [0.25, 0.3) is 6.92 Å². The van der Waals surface area contributed by atoms with Crippen molar-refractivity contribution >= 4 is 6.92 Å². The zero-order valence-corrected chi connectivity index (χ0v) is 7.27. The van der Waals surface area contributed by atoms with Gasteiger partial charge in [0.1, 0.15) is 0 Å². The predicted molar refractivity (Wildman–Crippen MR) is 47.4 cm³/mol. The average Bonchev–Trinajstić information content (AvgIpc) is 1.97. The van der Waals surface area contributed by atoms with Crippen LogP contribution in [0.4, 0.5) is 0 Å². The van der Waals surface area contributed by atoms with Gasteiger partial charge in [0, 0.05) is 0 Å². The lowest BCUT2D eigenvalue weighted by atomic mass is 9.60. The maximum atomic E-state index is 9.31. The fourth-order valence-electron chi connectivity index (χ4n) is 1.02. The number of hydrogen-bond donors (Lipinski definition) is 1. The first kappa shape index (κ1) is 10.0. The summed E-state index contributed by atoms with van der Waals surface area (Å²) in [5.74, 6) is 0. The average molecular weight is 142 g/mol. The van der Waals surface area contributed by atoms with E-state index in [1.54, 1.807) is 0 Å². The fourth-order valence-corrected chi connectivity index (χ4v) is 1.02. The lowest BCUT2D eigenvalue weighted by Gasteiger charge is -2.02. The molecule has 0 aromatic rings. The molecule has 1 nitrogen and oxygen atoms in total. The van der Waals surface area contributed by atoms with Crippen molar-refractivity contribution in [1.29, 1.82) is 0 Å². The van der Waals surface area contributed by atoms with Crippen LogP contribution in [0.25, 0.3) is 0 Å². The second-order valence-corrected chi connectivity index (χ2v) is 2.94. The highest BCUT2D eigenvalue weighted by Gasteiger charge is 2.07. The first-order valence-corrected chi connectivity index (χ1v) is 4.49. The Morgan fingerprint density at radius 1 is 1.00 bits per heavy atom. The van der Waals surface area contributed by atoms with Crippen LogP contribution in [0.2, 0.25) is 12.6 Å². The van der Waals surface area contributed by atoms with Crippen molar-refractivity contribution in [3.05, 3.63) is 0 Å². The SMILES string of the molecule is CCCCB(O)CCCC. The molecule has 0 saturated heterocycles. The van der Waals surface area contributed by atoms with E-state index in [-0.39, 0.29) is 6.92 Å². The molecular weight excluding hydrogens is 123 g/mol. The number of unbranched alkanes of at least 4 members (excludes halogenated alkanes) is 2. The normalized spacial score (nSPS) is 9.90. The molecular formula is C8H19BO. The van der Waals surface area contributed by atoms with Crippen molar-refractivity contribution in [3.63, 3.8) is 0 Å². The molecule has 1 N–H and O–H groups in total. The Balaban J connectivity index is 3.00. The van der Waals surface area contributed by atoms with Crippen LogP contribution in [0.15, 0.2) is 0 Å². The lowest BCUT2D eigenvalue weighted by molar-refractivity contribution is 0.555. The second-order valence-electron chi connectivity index (χ2n) is 2.94. The van der Waals surface area contributed by atoms with Gasteiger partial charge in [-0.15, -0.1) is 0 Å². The standard InChI is InChI=1S/C8H19BO/c1-3-5-7-9(10)8-6-4-2/h10H,3-8H2,1-2H3. The largest absolute Gasteiger partial charge is 0.450 e. The van der Waals surface area contributed by atoms with E-state index in [2.05, 4.69) is 13.8 Å². The molecule has 0 aliphatic heterocycles. The Kier molecular flexibility index (Phi) is 7.15. The van der Waals surface area contributed by atoms with E-state index in [0.717, 1.165) is 12.6 Å². The second kappa shape index (κ2) is 7.14. The van der Waals surface area contributed by atoms with Crippen LogP contribution >= 0.6 is 0 Å². The highest BCUT2D eigenvalue weighted by atomic mass is 16.2. The van der Waals surface area contributed by atoms with Gasteiger partial charge in [-0.1, -0.05) is 39.5 Å². The van der Waals surface area contributed by atoms with Crippen LogP contribution in [-0.2, 0) is 0 Å². The molecule has 2 heteroatoms. The van der Waals surface area contributed by atoms with Crippen molar-refractivity contribution in [2.45, 2.75) is 52.2 Å². The third kappa shape index (κ3) is 6.15. The third-order valence-corrected chi connectivity index (χ3v) is 1.78. The van der Waals surface area contributed by atoms with Gasteiger partial charge >= 0.3 is 0 Å². The van der Waals surface area contributed by atoms with E-state index in [4.69, 9.17) is 0 Å². The zero-order chi connectivity index (χ0) is 7.82. The Labute approximate surface area is 64.9 Å². The summed E-state index contributed by atoms with van der Waals surface area (Å²) in [6.07, 6.45) is 6.73. The first-order chi connectivity index (χ1) is 4.81. The highest BCUT2D eigenvalue weighted by Crippen LogP contribution is 2.06. The molecule has 0 saturated carbocycles. The van der Waals surface area contributed by atoms with Gasteiger partial charge in [0.05, 0.1) is 0 Å². The Hall–Kier alpha value is 0.0249. The molecule has 60 valence electrons. The van der Waals surface area contributed by atoms with E-state index >= 15 is 0 Å². The summed E-state index contributed by atoms with van der Waals surface area (Å²) in [6, 6.07) is 0. The molecule has 0 fully saturated rings. The van der Waals surface area contributed by atoms with Crippen molar-refractivity contribution in [2.75, 3.05) is 0 Å². The molecule has 10 heavy (non-hydrogen) atoms. The fraction of sp³-hybridized carbons (Fsp3) is 1.00. The van der Waals surface area contributed by atoms with Crippen molar-refractivity contribution in [2.24, 2.45) is 0 Å². The van der Waals surface area contributed by atoms with Gasteiger partial charge in [-0.05, 0) is 12.6 Å². The van der Waals surface area contributed by atoms with Gasteiger partial charge in [0.15, 0.2) is 0 Å². The molecule has 0 aromatic carbocycles. The molecule has 0 rings (SSSR count). The van der Waals surface area contributed by atoms with Gasteiger partial charge in [-0.2, -0.15) is 0 Å². The van der Waals surface area contributed by atoms with E-state index < -0.39 is 0 Å². The molecule has 0 radical (unpaired) electrons. The quantitative estimate of drug-likeness (QED) is 0.565. The summed E-state index contributed by atoms with van der Waals surface area (Å²) < 4.78 is 0. The summed E-state index contributed by atoms with van der Waals surface area (Å²) in [5.41, 5.74) is 0. The molecule has 0 aliphatic rings. The molecule has 0 amide bonds. The lowest BCUT2D eigenvalue weighted by Crippen LogP contribution is -2.10. The van der Waals surface area contributed by atoms with Crippen molar-refractivity contribution in [1.82, 2.24) is 0 Å². The van der Waals surface area contributed by atoms with E-state index in [1.807, 2.05) is 0 Å². The molecule has 0 spiro atoms. The minimum Gasteiger partial charge on any atom is -0.450 e. The van der Waals surface area contributed by atoms with E-state index in [0.29, 0.717) is 0 Å². The number of hydrogen-bond acceptors (Lipinski definition) is 1. The summed E-state index contributed by atoms with van der Waals surface area (Å²) >= 11 is 0. The van der Waals surface area contributed by atoms with Crippen LogP contribution in [0, 0.1) is 0 Å². The third-order valence-electron chi connectivity index (χ3n) is 1.78. The summed E-state index contributed by atoms with van der Waals surface area (Å²) in [6.45, 7) is 4.29. The van der Waals surface area contributed by atoms with E-state index in [1.165, 1.54) is 25.7 Å². The Morgan fingerprint density at radius 2 is 1.40 bits per heavy atom. The molecule has 0 heterocycles. The molecule has 0 atom stereocenters. The van der Waals surface area contributed by atoms with Gasteiger partial charge < -0.3 is 5.02 Å². The van der Waals surface area contributed by atoms with Crippen LogP contribution < -0.4 is 0 Å². The first-order valence-electron chi connectivity index (χ1n) is 4.49. The van der Waals surface area contributed by atoms with Gasteiger partial charge in [0.2, 0.25) is 0 Å². The maximum absolute atomic E-state index is 9.31. The van der Waals surface area contributed by atoms with Crippen LogP contribution in [0.3, 0.4) is 0 Å². The summed E-state index contributed by atoms with van der Waals surface area (Å²) in [4.78, 5) is 0. The topological polar surface area (TPSA) is 20.2 Å². The van der Waals surface area contributed by atoms with Gasteiger partial charge in [-0.3, -0.25) is 0 Å². The Morgan fingerprint density at radius 3 is 1.70 bits per heavy atom. The maximum Gasteiger partial charge on any atom is 0.288 e. The monoisotopic (exact) mass is 142 g/mol. The van der Waals surface area contributed by atoms with Crippen molar-refractivity contribution in [3.8, 4) is 0 Å². The van der Waals surface area contributed by atoms with Crippen molar-refractivity contribution < 1.29 is 5.02 Å². The Bertz CT molecular complexity index is 58.3. The summed E-state index contributed by atoms with van der Waals surface area (Å²) in [5, 5.41) is 9.31. The van der Waals surface area contributed by atoms with Crippen LogP contribution in [-0.4, -0.2) is 11.9 Å².